The number of rotatable bonds is 5. The zero-order valence-electron chi connectivity index (χ0n) is 12.0. The Labute approximate surface area is 119 Å². The summed E-state index contributed by atoms with van der Waals surface area (Å²) in [6, 6.07) is 9.51. The lowest BCUT2D eigenvalue weighted by Gasteiger charge is -2.13. The molecule has 20 heavy (non-hydrogen) atoms. The molecule has 2 rings (SSSR count). The predicted octanol–water partition coefficient (Wildman–Crippen LogP) is 2.40. The Bertz CT molecular complexity index is 610. The summed E-state index contributed by atoms with van der Waals surface area (Å²) in [6.45, 7) is 4.48. The van der Waals surface area contributed by atoms with E-state index in [1.165, 1.54) is 0 Å². The number of hydrogen-bond acceptors (Lipinski definition) is 3. The van der Waals surface area contributed by atoms with Crippen molar-refractivity contribution >= 4 is 16.8 Å². The van der Waals surface area contributed by atoms with Crippen LogP contribution in [0.15, 0.2) is 30.3 Å². The van der Waals surface area contributed by atoms with Crippen LogP contribution in [0.4, 0.5) is 0 Å². The Kier molecular flexibility index (Phi) is 4.69. The van der Waals surface area contributed by atoms with Crippen LogP contribution in [0.25, 0.3) is 10.9 Å². The van der Waals surface area contributed by atoms with Crippen LogP contribution in [0, 0.1) is 6.92 Å². The average Bonchev–Trinajstić information content (AvgIpc) is 2.44. The molecular weight excluding hydrogens is 250 g/mol. The second-order valence-corrected chi connectivity index (χ2v) is 5.09. The third-order valence-electron chi connectivity index (χ3n) is 3.27. The van der Waals surface area contributed by atoms with Crippen molar-refractivity contribution in [3.05, 3.63) is 41.6 Å². The molecule has 1 unspecified atom stereocenters. The lowest BCUT2D eigenvalue weighted by molar-refractivity contribution is 0.0952. The highest BCUT2D eigenvalue weighted by Gasteiger charge is 2.12. The van der Waals surface area contributed by atoms with E-state index in [-0.39, 0.29) is 11.9 Å². The van der Waals surface area contributed by atoms with Gasteiger partial charge >= 0.3 is 0 Å². The fraction of sp³-hybridized carbons (Fsp3) is 0.375. The third kappa shape index (κ3) is 3.33. The lowest BCUT2D eigenvalue weighted by Crippen LogP contribution is -2.37. The van der Waals surface area contributed by atoms with Crippen molar-refractivity contribution in [3.8, 4) is 0 Å². The number of nitrogens with zero attached hydrogens (tertiary/aromatic N) is 1. The summed E-state index contributed by atoms with van der Waals surface area (Å²) in [6.07, 6.45) is 1.94. The minimum absolute atomic E-state index is 0.0122. The Morgan fingerprint density at radius 2 is 2.15 bits per heavy atom. The van der Waals surface area contributed by atoms with Crippen molar-refractivity contribution in [3.63, 3.8) is 0 Å². The van der Waals surface area contributed by atoms with Crippen molar-refractivity contribution in [1.82, 2.24) is 10.3 Å². The van der Waals surface area contributed by atoms with E-state index in [2.05, 4.69) is 17.2 Å². The Hall–Kier alpha value is -1.94. The quantitative estimate of drug-likeness (QED) is 0.877. The molecule has 0 saturated carbocycles. The topological polar surface area (TPSA) is 68.0 Å². The molecule has 1 aromatic heterocycles. The second kappa shape index (κ2) is 6.48. The number of hydrogen-bond donors (Lipinski definition) is 2. The standard InChI is InChI=1S/C16H21N3O/c1-3-6-12(17)10-18-16(20)14-9-11(2)19-15-8-5-4-7-13(14)15/h4-5,7-9,12H,3,6,10,17H2,1-2H3,(H,18,20). The number of nitrogens with one attached hydrogen (secondary N) is 1. The maximum absolute atomic E-state index is 12.3. The summed E-state index contributed by atoms with van der Waals surface area (Å²) >= 11 is 0. The van der Waals surface area contributed by atoms with Gasteiger partial charge in [0.15, 0.2) is 0 Å². The second-order valence-electron chi connectivity index (χ2n) is 5.09. The van der Waals surface area contributed by atoms with Crippen molar-refractivity contribution in [1.29, 1.82) is 0 Å². The molecule has 4 nitrogen and oxygen atoms in total. The predicted molar refractivity (Wildman–Crippen MR) is 81.7 cm³/mol. The molecule has 0 bridgehead atoms. The summed E-state index contributed by atoms with van der Waals surface area (Å²) in [5.74, 6) is -0.0850. The molecule has 1 atom stereocenters. The van der Waals surface area contributed by atoms with E-state index in [1.54, 1.807) is 0 Å². The highest BCUT2D eigenvalue weighted by Crippen LogP contribution is 2.18. The molecule has 106 valence electrons. The van der Waals surface area contributed by atoms with Crippen LogP contribution in [0.2, 0.25) is 0 Å². The molecule has 1 amide bonds. The Balaban J connectivity index is 2.21. The molecule has 0 fully saturated rings. The minimum atomic E-state index is -0.0850. The normalized spacial score (nSPS) is 12.3. The molecular formula is C16H21N3O. The van der Waals surface area contributed by atoms with Gasteiger partial charge < -0.3 is 11.1 Å². The number of carbonyl (C=O) groups is 1. The van der Waals surface area contributed by atoms with Gasteiger partial charge in [-0.25, -0.2) is 0 Å². The number of para-hydroxylation sites is 1. The smallest absolute Gasteiger partial charge is 0.252 e. The molecule has 0 saturated heterocycles. The van der Waals surface area contributed by atoms with E-state index < -0.39 is 0 Å². The van der Waals surface area contributed by atoms with Gasteiger partial charge in [-0.2, -0.15) is 0 Å². The minimum Gasteiger partial charge on any atom is -0.350 e. The molecule has 0 spiro atoms. The van der Waals surface area contributed by atoms with Gasteiger partial charge in [0.2, 0.25) is 0 Å². The van der Waals surface area contributed by atoms with Gasteiger partial charge in [0.05, 0.1) is 11.1 Å². The van der Waals surface area contributed by atoms with Crippen LogP contribution in [0.1, 0.15) is 35.8 Å². The maximum atomic E-state index is 12.3. The molecule has 0 aliphatic heterocycles. The average molecular weight is 271 g/mol. The first-order chi connectivity index (χ1) is 9.61. The molecule has 1 aromatic carbocycles. The maximum Gasteiger partial charge on any atom is 0.252 e. The zero-order valence-corrected chi connectivity index (χ0v) is 12.0. The van der Waals surface area contributed by atoms with E-state index in [0.29, 0.717) is 12.1 Å². The number of aryl methyl sites for hydroxylation is 1. The summed E-state index contributed by atoms with van der Waals surface area (Å²) in [7, 11) is 0. The van der Waals surface area contributed by atoms with Crippen molar-refractivity contribution in [2.45, 2.75) is 32.7 Å². The number of aromatic nitrogens is 1. The summed E-state index contributed by atoms with van der Waals surface area (Å²) < 4.78 is 0. The Morgan fingerprint density at radius 3 is 2.90 bits per heavy atom. The van der Waals surface area contributed by atoms with Gasteiger partial charge in [-0.15, -0.1) is 0 Å². The number of pyridine rings is 1. The largest absolute Gasteiger partial charge is 0.350 e. The first kappa shape index (κ1) is 14.5. The van der Waals surface area contributed by atoms with Gasteiger partial charge in [0.25, 0.3) is 5.91 Å². The van der Waals surface area contributed by atoms with Crippen LogP contribution in [0.3, 0.4) is 0 Å². The van der Waals surface area contributed by atoms with Crippen LogP contribution in [-0.4, -0.2) is 23.5 Å². The van der Waals surface area contributed by atoms with E-state index in [4.69, 9.17) is 5.73 Å². The zero-order chi connectivity index (χ0) is 14.5. The van der Waals surface area contributed by atoms with E-state index in [0.717, 1.165) is 29.4 Å². The molecule has 3 N–H and O–H groups in total. The number of fused-ring (bicyclic) bond motifs is 1. The SMILES string of the molecule is CCCC(N)CNC(=O)c1cc(C)nc2ccccc12. The molecule has 0 aliphatic rings. The van der Waals surface area contributed by atoms with Crippen molar-refractivity contribution in [2.75, 3.05) is 6.54 Å². The monoisotopic (exact) mass is 271 g/mol. The fourth-order valence-corrected chi connectivity index (χ4v) is 2.29. The fourth-order valence-electron chi connectivity index (χ4n) is 2.29. The lowest BCUT2D eigenvalue weighted by atomic mass is 10.1. The van der Waals surface area contributed by atoms with Gasteiger partial charge in [-0.05, 0) is 25.5 Å². The summed E-state index contributed by atoms with van der Waals surface area (Å²) in [5.41, 5.74) is 8.27. The van der Waals surface area contributed by atoms with Crippen molar-refractivity contribution in [2.24, 2.45) is 5.73 Å². The number of nitrogens with two attached hydrogens (primary N) is 1. The molecule has 0 radical (unpaired) electrons. The molecule has 0 aliphatic carbocycles. The van der Waals surface area contributed by atoms with Crippen LogP contribution >= 0.6 is 0 Å². The summed E-state index contributed by atoms with van der Waals surface area (Å²) in [5, 5.41) is 3.79. The van der Waals surface area contributed by atoms with Crippen LogP contribution < -0.4 is 11.1 Å². The first-order valence-electron chi connectivity index (χ1n) is 7.02. The van der Waals surface area contributed by atoms with Gasteiger partial charge in [-0.3, -0.25) is 9.78 Å². The number of carbonyl (C=O) groups excluding carboxylic acids is 1. The highest BCUT2D eigenvalue weighted by atomic mass is 16.1. The number of amides is 1. The van der Waals surface area contributed by atoms with Crippen molar-refractivity contribution < 1.29 is 4.79 Å². The van der Waals surface area contributed by atoms with E-state index in [1.807, 2.05) is 37.3 Å². The molecule has 4 heteroatoms. The number of benzene rings is 1. The van der Waals surface area contributed by atoms with Crippen LogP contribution in [0.5, 0.6) is 0 Å². The van der Waals surface area contributed by atoms with Gasteiger partial charge in [0.1, 0.15) is 0 Å². The first-order valence-corrected chi connectivity index (χ1v) is 7.02. The summed E-state index contributed by atoms with van der Waals surface area (Å²) in [4.78, 5) is 16.8. The third-order valence-corrected chi connectivity index (χ3v) is 3.27. The van der Waals surface area contributed by atoms with E-state index in [9.17, 15) is 4.79 Å². The van der Waals surface area contributed by atoms with Crippen LogP contribution in [-0.2, 0) is 0 Å². The Morgan fingerprint density at radius 1 is 1.40 bits per heavy atom. The highest BCUT2D eigenvalue weighted by molar-refractivity contribution is 6.06. The van der Waals surface area contributed by atoms with E-state index >= 15 is 0 Å². The van der Waals surface area contributed by atoms with Gasteiger partial charge in [-0.1, -0.05) is 31.5 Å². The van der Waals surface area contributed by atoms with Gasteiger partial charge in [0, 0.05) is 23.7 Å². The molecule has 2 aromatic rings. The molecule has 1 heterocycles.